The number of carbonyl (C=O) groups excluding carboxylic acids is 1. The summed E-state index contributed by atoms with van der Waals surface area (Å²) in [6, 6.07) is 8.05. The minimum Gasteiger partial charge on any atom is -0.324 e. The summed E-state index contributed by atoms with van der Waals surface area (Å²) in [6.45, 7) is 9.34. The maximum atomic E-state index is 12.5. The van der Waals surface area contributed by atoms with E-state index in [2.05, 4.69) is 26.1 Å². The van der Waals surface area contributed by atoms with Gasteiger partial charge >= 0.3 is 6.03 Å². The molecule has 1 aromatic carbocycles. The van der Waals surface area contributed by atoms with E-state index in [1.807, 2.05) is 36.1 Å². The van der Waals surface area contributed by atoms with Crippen LogP contribution in [0.5, 0.6) is 0 Å². The molecule has 1 fully saturated rings. The van der Waals surface area contributed by atoms with Gasteiger partial charge < -0.3 is 16.0 Å². The maximum absolute atomic E-state index is 12.5. The third kappa shape index (κ3) is 3.76. The fourth-order valence-corrected chi connectivity index (χ4v) is 3.05. The zero-order valence-corrected chi connectivity index (χ0v) is 13.5. The number of nitrogens with one attached hydrogen (secondary N) is 1. The highest BCUT2D eigenvalue weighted by Crippen LogP contribution is 2.27. The van der Waals surface area contributed by atoms with Gasteiger partial charge in [0.15, 0.2) is 0 Å². The second kappa shape index (κ2) is 6.48. The SMILES string of the molecule is CC1CC(C)C(C)N(C(=O)Nc2ccc(C(C)N)cc2)C1. The number of benzene rings is 1. The van der Waals surface area contributed by atoms with Crippen LogP contribution in [-0.4, -0.2) is 23.5 Å². The summed E-state index contributed by atoms with van der Waals surface area (Å²) in [6.07, 6.45) is 1.19. The minimum atomic E-state index is -0.00514. The summed E-state index contributed by atoms with van der Waals surface area (Å²) in [7, 11) is 0. The average molecular weight is 289 g/mol. The van der Waals surface area contributed by atoms with Crippen LogP contribution in [0.4, 0.5) is 10.5 Å². The molecule has 21 heavy (non-hydrogen) atoms. The van der Waals surface area contributed by atoms with Gasteiger partial charge in [-0.05, 0) is 49.8 Å². The number of nitrogens with zero attached hydrogens (tertiary/aromatic N) is 1. The lowest BCUT2D eigenvalue weighted by molar-refractivity contribution is 0.110. The molecule has 1 saturated heterocycles. The summed E-state index contributed by atoms with van der Waals surface area (Å²) in [5, 5.41) is 3.00. The first-order valence-electron chi connectivity index (χ1n) is 7.81. The molecule has 1 aliphatic heterocycles. The molecule has 0 radical (unpaired) electrons. The lowest BCUT2D eigenvalue weighted by Crippen LogP contribution is -2.50. The fraction of sp³-hybridized carbons (Fsp3) is 0.588. The molecule has 1 heterocycles. The maximum Gasteiger partial charge on any atom is 0.322 e. The number of nitrogens with two attached hydrogens (primary N) is 1. The average Bonchev–Trinajstić information content (AvgIpc) is 2.43. The van der Waals surface area contributed by atoms with Crippen LogP contribution in [0, 0.1) is 11.8 Å². The van der Waals surface area contributed by atoms with Crippen molar-refractivity contribution < 1.29 is 4.79 Å². The predicted molar refractivity (Wildman–Crippen MR) is 87.2 cm³/mol. The van der Waals surface area contributed by atoms with Crippen molar-refractivity contribution >= 4 is 11.7 Å². The molecular formula is C17H27N3O. The van der Waals surface area contributed by atoms with Gasteiger partial charge in [0.05, 0.1) is 0 Å². The molecule has 4 unspecified atom stereocenters. The fourth-order valence-electron chi connectivity index (χ4n) is 3.05. The van der Waals surface area contributed by atoms with Crippen molar-refractivity contribution in [1.29, 1.82) is 0 Å². The molecule has 0 spiro atoms. The Kier molecular flexibility index (Phi) is 4.88. The van der Waals surface area contributed by atoms with E-state index < -0.39 is 0 Å². The summed E-state index contributed by atoms with van der Waals surface area (Å²) >= 11 is 0. The largest absolute Gasteiger partial charge is 0.324 e. The molecule has 2 amide bonds. The van der Waals surface area contributed by atoms with Gasteiger partial charge in [-0.1, -0.05) is 26.0 Å². The Morgan fingerprint density at radius 2 is 1.90 bits per heavy atom. The standard InChI is InChI=1S/C17H27N3O/c1-11-9-12(2)14(4)20(10-11)17(21)19-16-7-5-15(6-8-16)13(3)18/h5-8,11-14H,9-10,18H2,1-4H3,(H,19,21). The summed E-state index contributed by atoms with van der Waals surface area (Å²) in [5.74, 6) is 1.10. The number of hydrogen-bond acceptors (Lipinski definition) is 2. The Morgan fingerprint density at radius 1 is 1.29 bits per heavy atom. The van der Waals surface area contributed by atoms with Gasteiger partial charge in [0.2, 0.25) is 0 Å². The van der Waals surface area contributed by atoms with E-state index in [0.717, 1.165) is 17.8 Å². The number of rotatable bonds is 2. The highest BCUT2D eigenvalue weighted by atomic mass is 16.2. The number of carbonyl (C=O) groups is 1. The Morgan fingerprint density at radius 3 is 2.48 bits per heavy atom. The van der Waals surface area contributed by atoms with Crippen molar-refractivity contribution in [2.24, 2.45) is 17.6 Å². The van der Waals surface area contributed by atoms with Crippen LogP contribution in [0.3, 0.4) is 0 Å². The van der Waals surface area contributed by atoms with Crippen molar-refractivity contribution in [3.05, 3.63) is 29.8 Å². The van der Waals surface area contributed by atoms with Crippen LogP contribution in [0.25, 0.3) is 0 Å². The van der Waals surface area contributed by atoms with Gasteiger partial charge in [0, 0.05) is 24.3 Å². The first-order valence-corrected chi connectivity index (χ1v) is 7.81. The number of anilines is 1. The first kappa shape index (κ1) is 15.8. The van der Waals surface area contributed by atoms with E-state index >= 15 is 0 Å². The second-order valence-electron chi connectivity index (χ2n) is 6.55. The molecule has 2 rings (SSSR count). The molecule has 4 atom stereocenters. The topological polar surface area (TPSA) is 58.4 Å². The lowest BCUT2D eigenvalue weighted by atomic mass is 9.86. The Balaban J connectivity index is 2.03. The van der Waals surface area contributed by atoms with Gasteiger partial charge in [-0.15, -0.1) is 0 Å². The van der Waals surface area contributed by atoms with Gasteiger partial charge in [0.1, 0.15) is 0 Å². The smallest absolute Gasteiger partial charge is 0.322 e. The summed E-state index contributed by atoms with van der Waals surface area (Å²) in [5.41, 5.74) is 7.73. The van der Waals surface area contributed by atoms with E-state index in [0.29, 0.717) is 11.8 Å². The van der Waals surface area contributed by atoms with Gasteiger partial charge in [-0.25, -0.2) is 4.79 Å². The third-order valence-corrected chi connectivity index (χ3v) is 4.55. The normalized spacial score (nSPS) is 27.3. The molecule has 0 saturated carbocycles. The summed E-state index contributed by atoms with van der Waals surface area (Å²) in [4.78, 5) is 14.4. The molecule has 1 aliphatic rings. The highest BCUT2D eigenvalue weighted by molar-refractivity contribution is 5.89. The van der Waals surface area contributed by atoms with Crippen LogP contribution in [0.2, 0.25) is 0 Å². The number of amides is 2. The number of hydrogen-bond donors (Lipinski definition) is 2. The monoisotopic (exact) mass is 289 g/mol. The molecule has 0 bridgehead atoms. The van der Waals surface area contributed by atoms with E-state index in [1.165, 1.54) is 6.42 Å². The van der Waals surface area contributed by atoms with E-state index in [4.69, 9.17) is 5.73 Å². The Hall–Kier alpha value is -1.55. The van der Waals surface area contributed by atoms with E-state index in [-0.39, 0.29) is 18.1 Å². The number of urea groups is 1. The molecule has 4 heteroatoms. The van der Waals surface area contributed by atoms with Crippen molar-refractivity contribution in [2.45, 2.75) is 46.2 Å². The van der Waals surface area contributed by atoms with E-state index in [9.17, 15) is 4.79 Å². The van der Waals surface area contributed by atoms with Gasteiger partial charge in [-0.3, -0.25) is 0 Å². The predicted octanol–water partition coefficient (Wildman–Crippen LogP) is 3.60. The van der Waals surface area contributed by atoms with E-state index in [1.54, 1.807) is 0 Å². The first-order chi connectivity index (χ1) is 9.88. The van der Waals surface area contributed by atoms with Gasteiger partial charge in [-0.2, -0.15) is 0 Å². The third-order valence-electron chi connectivity index (χ3n) is 4.55. The van der Waals surface area contributed by atoms with Crippen LogP contribution < -0.4 is 11.1 Å². The van der Waals surface area contributed by atoms with Crippen molar-refractivity contribution in [3.8, 4) is 0 Å². The molecule has 0 aliphatic carbocycles. The highest BCUT2D eigenvalue weighted by Gasteiger charge is 2.31. The lowest BCUT2D eigenvalue weighted by Gasteiger charge is -2.40. The molecule has 4 nitrogen and oxygen atoms in total. The molecule has 0 aromatic heterocycles. The van der Waals surface area contributed by atoms with Crippen molar-refractivity contribution in [3.63, 3.8) is 0 Å². The molecule has 3 N–H and O–H groups in total. The second-order valence-corrected chi connectivity index (χ2v) is 6.55. The molecule has 1 aromatic rings. The quantitative estimate of drug-likeness (QED) is 0.874. The number of likely N-dealkylation sites (tertiary alicyclic amines) is 1. The minimum absolute atomic E-state index is 0.00514. The summed E-state index contributed by atoms with van der Waals surface area (Å²) < 4.78 is 0. The zero-order chi connectivity index (χ0) is 15.6. The van der Waals surface area contributed by atoms with Crippen LogP contribution in [-0.2, 0) is 0 Å². The van der Waals surface area contributed by atoms with Gasteiger partial charge in [0.25, 0.3) is 0 Å². The zero-order valence-electron chi connectivity index (χ0n) is 13.5. The number of piperidine rings is 1. The van der Waals surface area contributed by atoms with Crippen molar-refractivity contribution in [1.82, 2.24) is 4.90 Å². The van der Waals surface area contributed by atoms with Crippen LogP contribution in [0.1, 0.15) is 45.7 Å². The molecular weight excluding hydrogens is 262 g/mol. The van der Waals surface area contributed by atoms with Crippen LogP contribution in [0.15, 0.2) is 24.3 Å². The Labute approximate surface area is 127 Å². The van der Waals surface area contributed by atoms with Crippen molar-refractivity contribution in [2.75, 3.05) is 11.9 Å². The van der Waals surface area contributed by atoms with Crippen LogP contribution >= 0.6 is 0 Å². The Bertz CT molecular complexity index is 483. The molecule has 116 valence electrons.